The molecule has 0 aliphatic rings. The molecule has 0 saturated carbocycles. The zero-order valence-corrected chi connectivity index (χ0v) is 20.1. The molecule has 0 fully saturated rings. The Balaban J connectivity index is 0.00000676. The van der Waals surface area contributed by atoms with Gasteiger partial charge in [0.1, 0.15) is 5.75 Å². The number of ether oxygens (including phenoxy) is 1. The number of nitrogens with zero attached hydrogens (tertiary/aromatic N) is 2. The van der Waals surface area contributed by atoms with Gasteiger partial charge in [-0.15, -0.1) is 24.0 Å². The third-order valence-electron chi connectivity index (χ3n) is 4.27. The molecule has 2 N–H and O–H groups in total. The number of unbranched alkanes of at least 4 members (excludes halogenated alkanes) is 4. The highest BCUT2D eigenvalue weighted by Gasteiger charge is 2.05. The topological polar surface area (TPSA) is 48.9 Å². The minimum absolute atomic E-state index is 0. The van der Waals surface area contributed by atoms with Crippen LogP contribution in [0, 0.1) is 6.92 Å². The molecule has 0 bridgehead atoms. The Morgan fingerprint density at radius 1 is 1.07 bits per heavy atom. The van der Waals surface area contributed by atoms with Crippen LogP contribution < -0.4 is 15.4 Å². The van der Waals surface area contributed by atoms with Gasteiger partial charge >= 0.3 is 0 Å². The number of aryl methyl sites for hydroxylation is 1. The number of halogens is 1. The van der Waals surface area contributed by atoms with Gasteiger partial charge in [-0.2, -0.15) is 0 Å². The summed E-state index contributed by atoms with van der Waals surface area (Å²) in [4.78, 5) is 6.56. The predicted molar refractivity (Wildman–Crippen MR) is 128 cm³/mol. The molecule has 1 aromatic rings. The molecule has 0 aliphatic heterocycles. The Labute approximate surface area is 183 Å². The van der Waals surface area contributed by atoms with Gasteiger partial charge in [0, 0.05) is 25.7 Å². The second-order valence-electron chi connectivity index (χ2n) is 6.97. The second kappa shape index (κ2) is 16.0. The third kappa shape index (κ3) is 12.1. The largest absolute Gasteiger partial charge is 0.494 e. The number of hydrogen-bond donors (Lipinski definition) is 2. The second-order valence-corrected chi connectivity index (χ2v) is 6.97. The van der Waals surface area contributed by atoms with Crippen molar-refractivity contribution in [1.29, 1.82) is 0 Å². The molecule has 0 atom stereocenters. The van der Waals surface area contributed by atoms with Crippen molar-refractivity contribution in [1.82, 2.24) is 15.5 Å². The quantitative estimate of drug-likeness (QED) is 0.200. The first-order valence-corrected chi connectivity index (χ1v) is 9.88. The molecule has 0 aromatic heterocycles. The zero-order chi connectivity index (χ0) is 19.2. The molecule has 27 heavy (non-hydrogen) atoms. The van der Waals surface area contributed by atoms with E-state index >= 15 is 0 Å². The highest BCUT2D eigenvalue weighted by atomic mass is 127. The number of aliphatic imine (C=N–C) groups is 1. The maximum atomic E-state index is 5.74. The van der Waals surface area contributed by atoms with Crippen LogP contribution >= 0.6 is 24.0 Å². The fourth-order valence-electron chi connectivity index (χ4n) is 2.79. The van der Waals surface area contributed by atoms with E-state index in [4.69, 9.17) is 4.74 Å². The van der Waals surface area contributed by atoms with Gasteiger partial charge in [-0.05, 0) is 59.0 Å². The van der Waals surface area contributed by atoms with Gasteiger partial charge in [-0.3, -0.25) is 4.99 Å². The Hall–Kier alpha value is -1.02. The van der Waals surface area contributed by atoms with Crippen molar-refractivity contribution < 1.29 is 4.74 Å². The first-order valence-electron chi connectivity index (χ1n) is 9.88. The Morgan fingerprint density at radius 2 is 1.78 bits per heavy atom. The van der Waals surface area contributed by atoms with Crippen molar-refractivity contribution in [3.05, 3.63) is 29.3 Å². The van der Waals surface area contributed by atoms with Gasteiger partial charge in [0.15, 0.2) is 5.96 Å². The van der Waals surface area contributed by atoms with Crippen molar-refractivity contribution in [2.75, 3.05) is 40.8 Å². The minimum atomic E-state index is 0. The summed E-state index contributed by atoms with van der Waals surface area (Å²) in [5, 5.41) is 6.78. The molecule has 5 nitrogen and oxygen atoms in total. The van der Waals surface area contributed by atoms with Crippen LogP contribution in [0.25, 0.3) is 0 Å². The number of benzene rings is 1. The maximum Gasteiger partial charge on any atom is 0.191 e. The van der Waals surface area contributed by atoms with Gasteiger partial charge in [-0.25, -0.2) is 0 Å². The Morgan fingerprint density at radius 3 is 2.44 bits per heavy atom. The zero-order valence-electron chi connectivity index (χ0n) is 17.8. The summed E-state index contributed by atoms with van der Waals surface area (Å²) in [5.74, 6) is 1.80. The summed E-state index contributed by atoms with van der Waals surface area (Å²) >= 11 is 0. The third-order valence-corrected chi connectivity index (χ3v) is 4.27. The van der Waals surface area contributed by atoms with Crippen molar-refractivity contribution in [3.63, 3.8) is 0 Å². The van der Waals surface area contributed by atoms with E-state index in [0.717, 1.165) is 23.8 Å². The van der Waals surface area contributed by atoms with Crippen LogP contribution in [0.4, 0.5) is 0 Å². The van der Waals surface area contributed by atoms with E-state index < -0.39 is 0 Å². The summed E-state index contributed by atoms with van der Waals surface area (Å²) in [6, 6.07) is 6.33. The van der Waals surface area contributed by atoms with Crippen LogP contribution in [0.2, 0.25) is 0 Å². The molecule has 0 unspecified atom stereocenters. The van der Waals surface area contributed by atoms with Crippen molar-refractivity contribution >= 4 is 29.9 Å². The lowest BCUT2D eigenvalue weighted by Gasteiger charge is -2.15. The van der Waals surface area contributed by atoms with Gasteiger partial charge in [-0.1, -0.05) is 31.4 Å². The van der Waals surface area contributed by atoms with E-state index in [2.05, 4.69) is 59.7 Å². The smallest absolute Gasteiger partial charge is 0.191 e. The van der Waals surface area contributed by atoms with Crippen molar-refractivity contribution in [2.24, 2.45) is 4.99 Å². The van der Waals surface area contributed by atoms with Crippen molar-refractivity contribution in [3.8, 4) is 5.75 Å². The summed E-state index contributed by atoms with van der Waals surface area (Å²) < 4.78 is 5.74. The first-order chi connectivity index (χ1) is 12.6. The summed E-state index contributed by atoms with van der Waals surface area (Å²) in [6.45, 7) is 7.64. The molecular formula is C21H39IN4O. The fourth-order valence-corrected chi connectivity index (χ4v) is 2.79. The predicted octanol–water partition coefficient (Wildman–Crippen LogP) is 4.19. The number of hydrogen-bond acceptors (Lipinski definition) is 3. The maximum absolute atomic E-state index is 5.74. The lowest BCUT2D eigenvalue weighted by molar-refractivity contribution is 0.336. The van der Waals surface area contributed by atoms with Gasteiger partial charge < -0.3 is 20.3 Å². The molecule has 156 valence electrons. The van der Waals surface area contributed by atoms with E-state index in [1.807, 2.05) is 14.0 Å². The lowest BCUT2D eigenvalue weighted by Crippen LogP contribution is -2.37. The molecule has 6 heteroatoms. The standard InChI is InChI=1S/C21H38N4O.HI/c1-6-26-20-16-18(2)12-13-19(20)17-24-21(22-3)23-14-10-8-7-9-11-15-25(4)5;/h12-13,16H,6-11,14-15,17H2,1-5H3,(H2,22,23,24);1H. The average Bonchev–Trinajstić information content (AvgIpc) is 2.61. The Kier molecular flexibility index (Phi) is 15.4. The SMILES string of the molecule is CCOc1cc(C)ccc1CNC(=NC)NCCCCCCCN(C)C.I. The van der Waals surface area contributed by atoms with Gasteiger partial charge in [0.05, 0.1) is 6.61 Å². The molecule has 0 amide bonds. The van der Waals surface area contributed by atoms with E-state index in [9.17, 15) is 0 Å². The Bertz CT molecular complexity index is 535. The van der Waals surface area contributed by atoms with Gasteiger partial charge in [0.25, 0.3) is 0 Å². The van der Waals surface area contributed by atoms with Crippen molar-refractivity contribution in [2.45, 2.75) is 52.5 Å². The molecule has 0 heterocycles. The van der Waals surface area contributed by atoms with Crippen LogP contribution in [-0.4, -0.2) is 51.7 Å². The minimum Gasteiger partial charge on any atom is -0.494 e. The summed E-state index contributed by atoms with van der Waals surface area (Å²) in [5.41, 5.74) is 2.37. The fraction of sp³-hybridized carbons (Fsp3) is 0.667. The van der Waals surface area contributed by atoms with Crippen LogP contribution in [0.3, 0.4) is 0 Å². The molecule has 0 spiro atoms. The molecule has 0 radical (unpaired) electrons. The van der Waals surface area contributed by atoms with Crippen LogP contribution in [0.5, 0.6) is 5.75 Å². The van der Waals surface area contributed by atoms with Gasteiger partial charge in [0.2, 0.25) is 0 Å². The number of rotatable bonds is 12. The van der Waals surface area contributed by atoms with Crippen LogP contribution in [0.15, 0.2) is 23.2 Å². The normalized spacial score (nSPS) is 11.3. The summed E-state index contributed by atoms with van der Waals surface area (Å²) in [7, 11) is 6.09. The highest BCUT2D eigenvalue weighted by Crippen LogP contribution is 2.20. The highest BCUT2D eigenvalue weighted by molar-refractivity contribution is 14.0. The van der Waals surface area contributed by atoms with E-state index in [-0.39, 0.29) is 24.0 Å². The molecule has 0 saturated heterocycles. The number of guanidine groups is 1. The van der Waals surface area contributed by atoms with Crippen LogP contribution in [-0.2, 0) is 6.54 Å². The summed E-state index contributed by atoms with van der Waals surface area (Å²) in [6.07, 6.45) is 6.37. The lowest BCUT2D eigenvalue weighted by atomic mass is 10.1. The van der Waals surface area contributed by atoms with Crippen LogP contribution in [0.1, 0.15) is 50.2 Å². The monoisotopic (exact) mass is 490 g/mol. The molecular weight excluding hydrogens is 451 g/mol. The first kappa shape index (κ1) is 26.0. The molecule has 1 rings (SSSR count). The average molecular weight is 490 g/mol. The van der Waals surface area contributed by atoms with E-state index in [1.165, 1.54) is 44.2 Å². The number of nitrogens with one attached hydrogen (secondary N) is 2. The van der Waals surface area contributed by atoms with E-state index in [1.54, 1.807) is 0 Å². The van der Waals surface area contributed by atoms with E-state index in [0.29, 0.717) is 13.2 Å². The molecule has 1 aromatic carbocycles. The molecule has 0 aliphatic carbocycles.